The van der Waals surface area contributed by atoms with Gasteiger partial charge in [-0.25, -0.2) is 4.79 Å². The summed E-state index contributed by atoms with van der Waals surface area (Å²) in [4.78, 5) is 39.1. The largest absolute Gasteiger partial charge is 0.508 e. The first kappa shape index (κ1) is 29.4. The number of rotatable bonds is 10. The minimum absolute atomic E-state index is 0.00718. The Labute approximate surface area is 245 Å². The minimum Gasteiger partial charge on any atom is -0.508 e. The molecule has 0 radical (unpaired) electrons. The lowest BCUT2D eigenvalue weighted by molar-refractivity contribution is -0.148. The molecule has 0 aliphatic carbocycles. The second-order valence-corrected chi connectivity index (χ2v) is 10.1. The standard InChI is InChI=1S/C28H31N5O10/c1-2-41-26(39)14-33-25(38)5-6-31(28(33)40)7-8-32-13-17(29-30-32)15-42-24-12-19-21(36)10-18(34)11-23(19)43-27(24)16-3-4-20(35)22(37)9-16/h3-4,9-11,13,24,27,34-37H,2,5-8,12,14-15H2,1H3/t24-,27+/m0/s1. The molecule has 0 bridgehead atoms. The second kappa shape index (κ2) is 12.4. The van der Waals surface area contributed by atoms with Crippen molar-refractivity contribution >= 4 is 17.9 Å². The third-order valence-corrected chi connectivity index (χ3v) is 7.12. The Morgan fingerprint density at radius 3 is 2.65 bits per heavy atom. The van der Waals surface area contributed by atoms with Crippen molar-refractivity contribution in [2.24, 2.45) is 0 Å². The first-order chi connectivity index (χ1) is 20.6. The zero-order valence-corrected chi connectivity index (χ0v) is 23.3. The number of amides is 3. The van der Waals surface area contributed by atoms with Crippen molar-refractivity contribution < 1.29 is 49.0 Å². The number of nitrogens with zero attached hydrogens (tertiary/aromatic N) is 5. The molecule has 43 heavy (non-hydrogen) atoms. The Balaban J connectivity index is 1.23. The number of esters is 1. The number of fused-ring (bicyclic) bond motifs is 1. The van der Waals surface area contributed by atoms with Crippen molar-refractivity contribution in [3.05, 3.63) is 53.3 Å². The van der Waals surface area contributed by atoms with Crippen LogP contribution in [0.2, 0.25) is 0 Å². The highest BCUT2D eigenvalue weighted by molar-refractivity contribution is 5.99. The maximum atomic E-state index is 12.8. The van der Waals surface area contributed by atoms with Crippen LogP contribution in [0.5, 0.6) is 28.7 Å². The summed E-state index contributed by atoms with van der Waals surface area (Å²) >= 11 is 0. The van der Waals surface area contributed by atoms with Gasteiger partial charge in [0.05, 0.1) is 26.0 Å². The highest BCUT2D eigenvalue weighted by Gasteiger charge is 2.35. The smallest absolute Gasteiger partial charge is 0.327 e. The van der Waals surface area contributed by atoms with E-state index in [1.165, 1.54) is 33.8 Å². The van der Waals surface area contributed by atoms with Gasteiger partial charge in [-0.15, -0.1) is 5.10 Å². The van der Waals surface area contributed by atoms with Crippen LogP contribution in [0.15, 0.2) is 36.5 Å². The van der Waals surface area contributed by atoms with E-state index in [1.54, 1.807) is 19.2 Å². The number of phenolic OH excluding ortho intramolecular Hbond substituents is 4. The van der Waals surface area contributed by atoms with Crippen LogP contribution in [0.25, 0.3) is 0 Å². The quantitative estimate of drug-likeness (QED) is 0.195. The molecular weight excluding hydrogens is 566 g/mol. The number of phenols is 4. The number of aromatic hydroxyl groups is 4. The van der Waals surface area contributed by atoms with Gasteiger partial charge >= 0.3 is 12.0 Å². The topological polar surface area (TPSA) is 197 Å². The average molecular weight is 598 g/mol. The molecule has 228 valence electrons. The molecule has 1 fully saturated rings. The fourth-order valence-corrected chi connectivity index (χ4v) is 4.96. The summed E-state index contributed by atoms with van der Waals surface area (Å²) in [5, 5.41) is 48.3. The van der Waals surface area contributed by atoms with Crippen LogP contribution in [0, 0.1) is 0 Å². The Kier molecular flexibility index (Phi) is 8.52. The molecule has 3 amide bonds. The number of aromatic nitrogens is 3. The van der Waals surface area contributed by atoms with Crippen molar-refractivity contribution in [2.75, 3.05) is 26.2 Å². The first-order valence-electron chi connectivity index (χ1n) is 13.6. The predicted octanol–water partition coefficient (Wildman–Crippen LogP) is 1.58. The van der Waals surface area contributed by atoms with Gasteiger partial charge in [0, 0.05) is 43.6 Å². The minimum atomic E-state index is -0.763. The molecule has 2 atom stereocenters. The van der Waals surface area contributed by atoms with Crippen molar-refractivity contribution in [3.8, 4) is 28.7 Å². The van der Waals surface area contributed by atoms with Gasteiger partial charge in [0.25, 0.3) is 0 Å². The summed E-state index contributed by atoms with van der Waals surface area (Å²) in [5.41, 5.74) is 1.41. The van der Waals surface area contributed by atoms with Crippen molar-refractivity contribution in [1.29, 1.82) is 0 Å². The maximum Gasteiger partial charge on any atom is 0.327 e. The molecule has 2 aliphatic heterocycles. The van der Waals surface area contributed by atoms with Crippen LogP contribution in [-0.2, 0) is 38.6 Å². The third-order valence-electron chi connectivity index (χ3n) is 7.12. The van der Waals surface area contributed by atoms with Crippen LogP contribution >= 0.6 is 0 Å². The molecule has 0 spiro atoms. The average Bonchev–Trinajstić information content (AvgIpc) is 3.43. The summed E-state index contributed by atoms with van der Waals surface area (Å²) in [6.07, 6.45) is 0.514. The van der Waals surface area contributed by atoms with E-state index < -0.39 is 36.7 Å². The predicted molar refractivity (Wildman–Crippen MR) is 145 cm³/mol. The van der Waals surface area contributed by atoms with Gasteiger partial charge in [0.15, 0.2) is 17.6 Å². The van der Waals surface area contributed by atoms with Crippen molar-refractivity contribution in [1.82, 2.24) is 24.8 Å². The van der Waals surface area contributed by atoms with E-state index in [-0.39, 0.29) is 74.4 Å². The number of hydrogen-bond acceptors (Lipinski definition) is 12. The van der Waals surface area contributed by atoms with Crippen LogP contribution in [0.3, 0.4) is 0 Å². The maximum absolute atomic E-state index is 12.8. The number of benzene rings is 2. The summed E-state index contributed by atoms with van der Waals surface area (Å²) in [7, 11) is 0. The zero-order chi connectivity index (χ0) is 30.7. The van der Waals surface area contributed by atoms with Crippen LogP contribution in [0.1, 0.15) is 36.3 Å². The molecule has 15 nitrogen and oxygen atoms in total. The molecule has 2 aromatic carbocycles. The number of hydrogen-bond donors (Lipinski definition) is 4. The van der Waals surface area contributed by atoms with Gasteiger partial charge in [0.1, 0.15) is 35.6 Å². The molecule has 3 heterocycles. The highest BCUT2D eigenvalue weighted by atomic mass is 16.5. The summed E-state index contributed by atoms with van der Waals surface area (Å²) < 4.78 is 18.6. The molecule has 5 rings (SSSR count). The molecule has 1 aromatic heterocycles. The number of ether oxygens (including phenoxy) is 3. The van der Waals surface area contributed by atoms with Gasteiger partial charge in [-0.1, -0.05) is 11.3 Å². The van der Waals surface area contributed by atoms with E-state index >= 15 is 0 Å². The first-order valence-corrected chi connectivity index (χ1v) is 13.6. The fourth-order valence-electron chi connectivity index (χ4n) is 4.96. The van der Waals surface area contributed by atoms with Gasteiger partial charge in [0.2, 0.25) is 5.91 Å². The number of carbonyl (C=O) groups excluding carboxylic acids is 3. The van der Waals surface area contributed by atoms with Crippen LogP contribution < -0.4 is 4.74 Å². The second-order valence-electron chi connectivity index (χ2n) is 10.1. The molecular formula is C28H31N5O10. The van der Waals surface area contributed by atoms with Gasteiger partial charge < -0.3 is 39.5 Å². The normalized spacial score (nSPS) is 18.3. The number of imide groups is 1. The third kappa shape index (κ3) is 6.56. The van der Waals surface area contributed by atoms with E-state index in [9.17, 15) is 34.8 Å². The summed E-state index contributed by atoms with van der Waals surface area (Å²) in [6, 6.07) is 6.26. The molecule has 1 saturated heterocycles. The lowest BCUT2D eigenvalue weighted by atomic mass is 9.93. The van der Waals surface area contributed by atoms with E-state index in [0.717, 1.165) is 4.90 Å². The van der Waals surface area contributed by atoms with Crippen LogP contribution in [0.4, 0.5) is 4.79 Å². The molecule has 15 heteroatoms. The Morgan fingerprint density at radius 1 is 1.07 bits per heavy atom. The SMILES string of the molecule is CCOC(=O)CN1C(=O)CCN(CCn2cc(CO[C@H]3Cc4c(O)cc(O)cc4O[C@@H]3c3ccc(O)c(O)c3)nn2)C1=O. The molecule has 4 N–H and O–H groups in total. The molecule has 3 aromatic rings. The van der Waals surface area contributed by atoms with Crippen molar-refractivity contribution in [3.63, 3.8) is 0 Å². The Morgan fingerprint density at radius 2 is 1.88 bits per heavy atom. The zero-order valence-electron chi connectivity index (χ0n) is 23.3. The monoisotopic (exact) mass is 597 g/mol. The lowest BCUT2D eigenvalue weighted by Gasteiger charge is -2.34. The molecule has 0 unspecified atom stereocenters. The van der Waals surface area contributed by atoms with Gasteiger partial charge in [-0.05, 0) is 24.6 Å². The molecule has 0 saturated carbocycles. The Hall–Kier alpha value is -5.05. The highest BCUT2D eigenvalue weighted by Crippen LogP contribution is 2.43. The lowest BCUT2D eigenvalue weighted by Crippen LogP contribution is -2.54. The van der Waals surface area contributed by atoms with E-state index in [0.29, 0.717) is 16.8 Å². The van der Waals surface area contributed by atoms with E-state index in [4.69, 9.17) is 14.2 Å². The molecule has 2 aliphatic rings. The number of urea groups is 1. The van der Waals surface area contributed by atoms with Crippen molar-refractivity contribution in [2.45, 2.75) is 45.1 Å². The Bertz CT molecular complexity index is 1530. The van der Waals surface area contributed by atoms with Gasteiger partial charge in [-0.2, -0.15) is 0 Å². The summed E-state index contributed by atoms with van der Waals surface area (Å²) in [6.45, 7) is 2.06. The van der Waals surface area contributed by atoms with Gasteiger partial charge in [-0.3, -0.25) is 19.2 Å². The number of carbonyl (C=O) groups is 3. The fraction of sp³-hybridized carbons (Fsp3) is 0.393. The van der Waals surface area contributed by atoms with E-state index in [2.05, 4.69) is 10.3 Å². The van der Waals surface area contributed by atoms with Crippen LogP contribution in [-0.4, -0.2) is 95.5 Å². The summed E-state index contributed by atoms with van der Waals surface area (Å²) in [5.74, 6) is -1.80. The van der Waals surface area contributed by atoms with E-state index in [1.807, 2.05) is 0 Å².